The summed E-state index contributed by atoms with van der Waals surface area (Å²) in [6.07, 6.45) is 2.36. The van der Waals surface area contributed by atoms with Gasteiger partial charge in [0.2, 0.25) is 0 Å². The lowest BCUT2D eigenvalue weighted by Gasteiger charge is -2.45. The molecule has 15 heavy (non-hydrogen) atoms. The zero-order valence-corrected chi connectivity index (χ0v) is 11.0. The first-order valence-electron chi connectivity index (χ1n) is 6.24. The molecule has 2 heteroatoms. The third-order valence-electron chi connectivity index (χ3n) is 3.46. The molecule has 0 saturated carbocycles. The fourth-order valence-electron chi connectivity index (χ4n) is 2.10. The molecule has 0 aliphatic carbocycles. The zero-order chi connectivity index (χ0) is 11.5. The van der Waals surface area contributed by atoms with E-state index in [1.54, 1.807) is 0 Å². The van der Waals surface area contributed by atoms with Crippen molar-refractivity contribution < 1.29 is 4.74 Å². The maximum atomic E-state index is 6.05. The van der Waals surface area contributed by atoms with Gasteiger partial charge in [-0.3, -0.25) is 0 Å². The second-order valence-electron chi connectivity index (χ2n) is 6.10. The SMILES string of the molecule is CCC(C)(C)OCC1(CC(C)C)CNC1. The normalized spacial score (nSPS) is 20.4. The highest BCUT2D eigenvalue weighted by Gasteiger charge is 2.38. The van der Waals surface area contributed by atoms with Gasteiger partial charge in [0.1, 0.15) is 0 Å². The van der Waals surface area contributed by atoms with Crippen LogP contribution in [0.2, 0.25) is 0 Å². The van der Waals surface area contributed by atoms with Gasteiger partial charge in [-0.2, -0.15) is 0 Å². The number of nitrogens with one attached hydrogen (secondary N) is 1. The molecule has 1 aliphatic heterocycles. The molecular formula is C13H27NO. The summed E-state index contributed by atoms with van der Waals surface area (Å²) in [5.74, 6) is 0.764. The van der Waals surface area contributed by atoms with Crippen molar-refractivity contribution in [3.05, 3.63) is 0 Å². The molecule has 1 heterocycles. The lowest BCUT2D eigenvalue weighted by molar-refractivity contribution is -0.0855. The highest BCUT2D eigenvalue weighted by Crippen LogP contribution is 2.32. The highest BCUT2D eigenvalue weighted by molar-refractivity contribution is 4.93. The van der Waals surface area contributed by atoms with Crippen LogP contribution in [-0.4, -0.2) is 25.3 Å². The minimum Gasteiger partial charge on any atom is -0.375 e. The fraction of sp³-hybridized carbons (Fsp3) is 1.00. The molecule has 0 aromatic rings. The molecule has 1 saturated heterocycles. The Kier molecular flexibility index (Phi) is 4.19. The van der Waals surface area contributed by atoms with E-state index in [0.717, 1.165) is 32.0 Å². The molecule has 1 fully saturated rings. The first-order valence-corrected chi connectivity index (χ1v) is 6.24. The Morgan fingerprint density at radius 2 is 1.93 bits per heavy atom. The summed E-state index contributed by atoms with van der Waals surface area (Å²) in [7, 11) is 0. The zero-order valence-electron chi connectivity index (χ0n) is 11.0. The summed E-state index contributed by atoms with van der Waals surface area (Å²) in [6, 6.07) is 0. The summed E-state index contributed by atoms with van der Waals surface area (Å²) < 4.78 is 6.05. The molecule has 90 valence electrons. The van der Waals surface area contributed by atoms with Crippen LogP contribution in [0, 0.1) is 11.3 Å². The average Bonchev–Trinajstić information content (AvgIpc) is 2.09. The van der Waals surface area contributed by atoms with E-state index in [-0.39, 0.29) is 5.60 Å². The van der Waals surface area contributed by atoms with Crippen molar-refractivity contribution in [2.75, 3.05) is 19.7 Å². The van der Waals surface area contributed by atoms with Crippen LogP contribution in [0.15, 0.2) is 0 Å². The first kappa shape index (κ1) is 13.0. The van der Waals surface area contributed by atoms with Crippen LogP contribution in [-0.2, 0) is 4.74 Å². The van der Waals surface area contributed by atoms with Gasteiger partial charge in [0.15, 0.2) is 0 Å². The minimum atomic E-state index is 0.0412. The van der Waals surface area contributed by atoms with Crippen LogP contribution in [0.3, 0.4) is 0 Å². The maximum Gasteiger partial charge on any atom is 0.0624 e. The van der Waals surface area contributed by atoms with Gasteiger partial charge in [0.05, 0.1) is 12.2 Å². The molecule has 0 aromatic carbocycles. The third kappa shape index (κ3) is 3.76. The van der Waals surface area contributed by atoms with Gasteiger partial charge in [-0.05, 0) is 32.6 Å². The van der Waals surface area contributed by atoms with Crippen molar-refractivity contribution >= 4 is 0 Å². The Labute approximate surface area is 94.8 Å². The molecule has 0 radical (unpaired) electrons. The van der Waals surface area contributed by atoms with E-state index in [9.17, 15) is 0 Å². The first-order chi connectivity index (χ1) is 6.89. The smallest absolute Gasteiger partial charge is 0.0624 e. The Bertz CT molecular complexity index is 195. The van der Waals surface area contributed by atoms with Crippen molar-refractivity contribution in [2.45, 2.75) is 53.1 Å². The second-order valence-corrected chi connectivity index (χ2v) is 6.10. The number of hydrogen-bond donors (Lipinski definition) is 1. The number of rotatable bonds is 6. The van der Waals surface area contributed by atoms with Gasteiger partial charge in [0, 0.05) is 18.5 Å². The Balaban J connectivity index is 2.40. The van der Waals surface area contributed by atoms with Crippen LogP contribution in [0.1, 0.15) is 47.5 Å². The Hall–Kier alpha value is -0.0800. The van der Waals surface area contributed by atoms with Crippen LogP contribution in [0.4, 0.5) is 0 Å². The predicted molar refractivity (Wildman–Crippen MR) is 65.1 cm³/mol. The van der Waals surface area contributed by atoms with Crippen molar-refractivity contribution in [1.82, 2.24) is 5.32 Å². The monoisotopic (exact) mass is 213 g/mol. The van der Waals surface area contributed by atoms with Gasteiger partial charge in [-0.25, -0.2) is 0 Å². The molecule has 0 spiro atoms. The average molecular weight is 213 g/mol. The minimum absolute atomic E-state index is 0.0412. The van der Waals surface area contributed by atoms with E-state index in [4.69, 9.17) is 4.74 Å². The molecule has 0 amide bonds. The predicted octanol–water partition coefficient (Wildman–Crippen LogP) is 2.83. The van der Waals surface area contributed by atoms with Crippen molar-refractivity contribution in [1.29, 1.82) is 0 Å². The quantitative estimate of drug-likeness (QED) is 0.732. The molecule has 0 atom stereocenters. The van der Waals surface area contributed by atoms with Gasteiger partial charge < -0.3 is 10.1 Å². The summed E-state index contributed by atoms with van der Waals surface area (Å²) in [5, 5.41) is 3.38. The summed E-state index contributed by atoms with van der Waals surface area (Å²) in [4.78, 5) is 0. The van der Waals surface area contributed by atoms with Gasteiger partial charge >= 0.3 is 0 Å². The van der Waals surface area contributed by atoms with Crippen molar-refractivity contribution in [2.24, 2.45) is 11.3 Å². The third-order valence-corrected chi connectivity index (χ3v) is 3.46. The van der Waals surface area contributed by atoms with E-state index in [0.29, 0.717) is 5.41 Å². The molecular weight excluding hydrogens is 186 g/mol. The molecule has 1 rings (SSSR count). The molecule has 0 bridgehead atoms. The van der Waals surface area contributed by atoms with Crippen LogP contribution >= 0.6 is 0 Å². The molecule has 0 unspecified atom stereocenters. The summed E-state index contributed by atoms with van der Waals surface area (Å²) in [6.45, 7) is 14.3. The van der Waals surface area contributed by atoms with Gasteiger partial charge in [-0.15, -0.1) is 0 Å². The van der Waals surface area contributed by atoms with Gasteiger partial charge in [-0.1, -0.05) is 20.8 Å². The number of hydrogen-bond acceptors (Lipinski definition) is 2. The lowest BCUT2D eigenvalue weighted by Crippen LogP contribution is -2.57. The van der Waals surface area contributed by atoms with E-state index < -0.39 is 0 Å². The summed E-state index contributed by atoms with van der Waals surface area (Å²) in [5.41, 5.74) is 0.459. The van der Waals surface area contributed by atoms with Crippen LogP contribution in [0.5, 0.6) is 0 Å². The Morgan fingerprint density at radius 3 is 2.27 bits per heavy atom. The van der Waals surface area contributed by atoms with Crippen molar-refractivity contribution in [3.63, 3.8) is 0 Å². The molecule has 1 aliphatic rings. The second kappa shape index (κ2) is 4.84. The molecule has 0 aromatic heterocycles. The fourth-order valence-corrected chi connectivity index (χ4v) is 2.10. The van der Waals surface area contributed by atoms with E-state index in [1.165, 1.54) is 6.42 Å². The molecule has 1 N–H and O–H groups in total. The van der Waals surface area contributed by atoms with Crippen molar-refractivity contribution in [3.8, 4) is 0 Å². The standard InChI is InChI=1S/C13H27NO/c1-6-12(4,5)15-10-13(7-11(2)3)8-14-9-13/h11,14H,6-10H2,1-5H3. The van der Waals surface area contributed by atoms with E-state index in [1.807, 2.05) is 0 Å². The Morgan fingerprint density at radius 1 is 1.33 bits per heavy atom. The van der Waals surface area contributed by atoms with E-state index >= 15 is 0 Å². The van der Waals surface area contributed by atoms with Crippen LogP contribution in [0.25, 0.3) is 0 Å². The topological polar surface area (TPSA) is 21.3 Å². The summed E-state index contributed by atoms with van der Waals surface area (Å²) >= 11 is 0. The number of ether oxygens (including phenoxy) is 1. The molecule has 2 nitrogen and oxygen atoms in total. The lowest BCUT2D eigenvalue weighted by atomic mass is 9.75. The van der Waals surface area contributed by atoms with Gasteiger partial charge in [0.25, 0.3) is 0 Å². The largest absolute Gasteiger partial charge is 0.375 e. The van der Waals surface area contributed by atoms with E-state index in [2.05, 4.69) is 39.9 Å². The maximum absolute atomic E-state index is 6.05. The highest BCUT2D eigenvalue weighted by atomic mass is 16.5. The van der Waals surface area contributed by atoms with Crippen LogP contribution < -0.4 is 5.32 Å².